The van der Waals surface area contributed by atoms with Gasteiger partial charge in [0.2, 0.25) is 5.89 Å². The van der Waals surface area contributed by atoms with E-state index in [1.165, 1.54) is 25.7 Å². The lowest BCUT2D eigenvalue weighted by atomic mass is 10.0. The Kier molecular flexibility index (Phi) is 4.28. The molecule has 3 heterocycles. The van der Waals surface area contributed by atoms with Crippen molar-refractivity contribution in [2.75, 3.05) is 20.1 Å². The Morgan fingerprint density at radius 2 is 2.17 bits per heavy atom. The zero-order valence-corrected chi connectivity index (χ0v) is 14.3. The molecule has 2 aromatic heterocycles. The van der Waals surface area contributed by atoms with Crippen LogP contribution in [0.3, 0.4) is 0 Å². The molecule has 130 valence electrons. The number of piperidine rings is 1. The molecule has 0 radical (unpaired) electrons. The summed E-state index contributed by atoms with van der Waals surface area (Å²) in [5.41, 5.74) is 0. The number of tetrazole rings is 1. The highest BCUT2D eigenvalue weighted by Crippen LogP contribution is 2.34. The van der Waals surface area contributed by atoms with Crippen molar-refractivity contribution < 1.29 is 4.52 Å². The third-order valence-electron chi connectivity index (χ3n) is 4.88. The van der Waals surface area contributed by atoms with Gasteiger partial charge in [0.15, 0.2) is 11.6 Å². The van der Waals surface area contributed by atoms with Crippen molar-refractivity contribution in [1.29, 1.82) is 0 Å². The van der Waals surface area contributed by atoms with Crippen LogP contribution < -0.4 is 0 Å². The summed E-state index contributed by atoms with van der Waals surface area (Å²) in [6, 6.07) is 1.02. The zero-order valence-electron chi connectivity index (χ0n) is 14.3. The Morgan fingerprint density at radius 3 is 2.92 bits per heavy atom. The number of nitrogens with zero attached hydrogens (tertiary/aromatic N) is 8. The molecule has 1 saturated heterocycles. The summed E-state index contributed by atoms with van der Waals surface area (Å²) < 4.78 is 7.07. The average Bonchev–Trinajstić information content (AvgIpc) is 3.19. The standard InChI is InChI=1S/C15H24N8O/c1-11-16-14(18-24-11)9-22-7-3-4-13(8-22)21(2)10-15-17-19-20-23(15)12-5-6-12/h12-13H,3-10H2,1-2H3. The van der Waals surface area contributed by atoms with Crippen LogP contribution in [-0.4, -0.2) is 66.3 Å². The average molecular weight is 332 g/mol. The van der Waals surface area contributed by atoms with Crippen LogP contribution in [0.4, 0.5) is 0 Å². The van der Waals surface area contributed by atoms with Gasteiger partial charge in [-0.3, -0.25) is 9.80 Å². The smallest absolute Gasteiger partial charge is 0.223 e. The second-order valence-electron chi connectivity index (χ2n) is 6.95. The molecule has 1 saturated carbocycles. The molecule has 4 rings (SSSR count). The molecular formula is C15H24N8O. The molecule has 0 spiro atoms. The van der Waals surface area contributed by atoms with Gasteiger partial charge < -0.3 is 4.52 Å². The number of rotatable bonds is 6. The molecule has 1 aliphatic heterocycles. The molecule has 2 aliphatic rings. The summed E-state index contributed by atoms with van der Waals surface area (Å²) in [5.74, 6) is 2.38. The van der Waals surface area contributed by atoms with Gasteiger partial charge in [0, 0.05) is 19.5 Å². The van der Waals surface area contributed by atoms with Gasteiger partial charge >= 0.3 is 0 Å². The number of aryl methyl sites for hydroxylation is 1. The minimum Gasteiger partial charge on any atom is -0.340 e. The van der Waals surface area contributed by atoms with Crippen molar-refractivity contribution in [1.82, 2.24) is 40.1 Å². The van der Waals surface area contributed by atoms with Crippen LogP contribution in [0.25, 0.3) is 0 Å². The van der Waals surface area contributed by atoms with Crippen LogP contribution >= 0.6 is 0 Å². The fourth-order valence-corrected chi connectivity index (χ4v) is 3.41. The van der Waals surface area contributed by atoms with Gasteiger partial charge in [-0.1, -0.05) is 5.16 Å². The lowest BCUT2D eigenvalue weighted by Crippen LogP contribution is -2.46. The fourth-order valence-electron chi connectivity index (χ4n) is 3.41. The molecule has 0 bridgehead atoms. The Morgan fingerprint density at radius 1 is 1.29 bits per heavy atom. The first-order chi connectivity index (χ1) is 11.7. The van der Waals surface area contributed by atoms with Crippen molar-refractivity contribution in [2.45, 2.75) is 57.8 Å². The van der Waals surface area contributed by atoms with Crippen molar-refractivity contribution in [3.63, 3.8) is 0 Å². The lowest BCUT2D eigenvalue weighted by molar-refractivity contribution is 0.102. The number of hydrogen-bond acceptors (Lipinski definition) is 8. The van der Waals surface area contributed by atoms with Crippen molar-refractivity contribution in [3.05, 3.63) is 17.5 Å². The van der Waals surface area contributed by atoms with Crippen LogP contribution in [0, 0.1) is 6.92 Å². The largest absolute Gasteiger partial charge is 0.340 e. The molecule has 2 fully saturated rings. The maximum absolute atomic E-state index is 5.07. The summed E-state index contributed by atoms with van der Waals surface area (Å²) in [5, 5.41) is 16.2. The number of likely N-dealkylation sites (N-methyl/N-ethyl adjacent to an activating group) is 1. The molecule has 0 aromatic carbocycles. The molecule has 1 atom stereocenters. The SMILES string of the molecule is Cc1nc(CN2CCCC(N(C)Cc3nnnn3C3CC3)C2)no1. The molecule has 9 nitrogen and oxygen atoms in total. The molecule has 2 aromatic rings. The quantitative estimate of drug-likeness (QED) is 0.767. The van der Waals surface area contributed by atoms with Gasteiger partial charge in [-0.15, -0.1) is 5.10 Å². The summed E-state index contributed by atoms with van der Waals surface area (Å²) in [7, 11) is 2.17. The van der Waals surface area contributed by atoms with Gasteiger partial charge in [-0.05, 0) is 49.7 Å². The summed E-state index contributed by atoms with van der Waals surface area (Å²) >= 11 is 0. The first kappa shape index (κ1) is 15.6. The van der Waals surface area contributed by atoms with E-state index < -0.39 is 0 Å². The monoisotopic (exact) mass is 332 g/mol. The van der Waals surface area contributed by atoms with Crippen molar-refractivity contribution >= 4 is 0 Å². The maximum atomic E-state index is 5.07. The van der Waals surface area contributed by atoms with Crippen LogP contribution in [-0.2, 0) is 13.1 Å². The molecule has 0 N–H and O–H groups in total. The van der Waals surface area contributed by atoms with E-state index in [1.54, 1.807) is 0 Å². The Labute approximate surface area is 141 Å². The minimum absolute atomic E-state index is 0.496. The van der Waals surface area contributed by atoms with Crippen LogP contribution in [0.2, 0.25) is 0 Å². The Balaban J connectivity index is 1.35. The predicted molar refractivity (Wildman–Crippen MR) is 84.9 cm³/mol. The van der Waals surface area contributed by atoms with E-state index in [0.717, 1.165) is 37.8 Å². The van der Waals surface area contributed by atoms with Crippen LogP contribution in [0.15, 0.2) is 4.52 Å². The normalized spacial score (nSPS) is 22.4. The molecule has 24 heavy (non-hydrogen) atoms. The number of likely N-dealkylation sites (tertiary alicyclic amines) is 1. The summed E-state index contributed by atoms with van der Waals surface area (Å²) in [6.45, 7) is 5.46. The highest BCUT2D eigenvalue weighted by atomic mass is 16.5. The zero-order chi connectivity index (χ0) is 16.5. The van der Waals surface area contributed by atoms with E-state index in [9.17, 15) is 0 Å². The lowest BCUT2D eigenvalue weighted by Gasteiger charge is -2.36. The Hall–Kier alpha value is -1.87. The summed E-state index contributed by atoms with van der Waals surface area (Å²) in [4.78, 5) is 9.09. The number of hydrogen-bond donors (Lipinski definition) is 0. The summed E-state index contributed by atoms with van der Waals surface area (Å²) in [6.07, 6.45) is 4.77. The van der Waals surface area contributed by atoms with Gasteiger partial charge in [0.25, 0.3) is 0 Å². The molecule has 1 aliphatic carbocycles. The van der Waals surface area contributed by atoms with Crippen LogP contribution in [0.5, 0.6) is 0 Å². The first-order valence-corrected chi connectivity index (χ1v) is 8.67. The van der Waals surface area contributed by atoms with Crippen LogP contribution in [0.1, 0.15) is 49.3 Å². The second-order valence-corrected chi connectivity index (χ2v) is 6.95. The topological polar surface area (TPSA) is 89.0 Å². The van der Waals surface area contributed by atoms with E-state index in [-0.39, 0.29) is 0 Å². The van der Waals surface area contributed by atoms with Gasteiger partial charge in [0.05, 0.1) is 19.1 Å². The van der Waals surface area contributed by atoms with E-state index in [1.807, 2.05) is 11.6 Å². The molecule has 1 unspecified atom stereocenters. The Bertz CT molecular complexity index is 679. The van der Waals surface area contributed by atoms with E-state index in [2.05, 4.69) is 42.5 Å². The van der Waals surface area contributed by atoms with Gasteiger partial charge in [-0.2, -0.15) is 4.98 Å². The molecule has 0 amide bonds. The number of aromatic nitrogens is 6. The fraction of sp³-hybridized carbons (Fsp3) is 0.800. The second kappa shape index (κ2) is 6.56. The highest BCUT2D eigenvalue weighted by Gasteiger charge is 2.30. The minimum atomic E-state index is 0.496. The van der Waals surface area contributed by atoms with E-state index in [0.29, 0.717) is 18.0 Å². The van der Waals surface area contributed by atoms with Crippen molar-refractivity contribution in [3.8, 4) is 0 Å². The van der Waals surface area contributed by atoms with Crippen molar-refractivity contribution in [2.24, 2.45) is 0 Å². The predicted octanol–water partition coefficient (Wildman–Crippen LogP) is 0.796. The van der Waals surface area contributed by atoms with E-state index in [4.69, 9.17) is 4.52 Å². The maximum Gasteiger partial charge on any atom is 0.223 e. The highest BCUT2D eigenvalue weighted by molar-refractivity contribution is 4.92. The van der Waals surface area contributed by atoms with Gasteiger partial charge in [-0.25, -0.2) is 4.68 Å². The third kappa shape index (κ3) is 3.46. The van der Waals surface area contributed by atoms with E-state index >= 15 is 0 Å². The molecule has 9 heteroatoms. The molecular weight excluding hydrogens is 308 g/mol. The third-order valence-corrected chi connectivity index (χ3v) is 4.88. The van der Waals surface area contributed by atoms with Gasteiger partial charge in [0.1, 0.15) is 0 Å². The first-order valence-electron chi connectivity index (χ1n) is 8.67.